The Balaban J connectivity index is 2.43. The lowest BCUT2D eigenvalue weighted by Gasteiger charge is -2.36. The summed E-state index contributed by atoms with van der Waals surface area (Å²) in [5.41, 5.74) is 1.30. The van der Waals surface area contributed by atoms with E-state index in [0.717, 1.165) is 19.8 Å². The van der Waals surface area contributed by atoms with Gasteiger partial charge in [-0.15, -0.1) is 0 Å². The summed E-state index contributed by atoms with van der Waals surface area (Å²) in [6, 6.07) is 0. The molecule has 0 saturated carbocycles. The Labute approximate surface area is 88.4 Å². The minimum Gasteiger partial charge on any atom is -0.413 e. The van der Waals surface area contributed by atoms with E-state index < -0.39 is 8.32 Å². The van der Waals surface area contributed by atoms with Crippen LogP contribution in [0.1, 0.15) is 20.8 Å². The summed E-state index contributed by atoms with van der Waals surface area (Å²) < 4.78 is 11.3. The minimum absolute atomic E-state index is 0.299. The molecule has 2 nitrogen and oxygen atoms in total. The van der Waals surface area contributed by atoms with E-state index in [2.05, 4.69) is 39.9 Å². The van der Waals surface area contributed by atoms with E-state index in [-0.39, 0.29) is 0 Å². The fourth-order valence-electron chi connectivity index (χ4n) is 1.02. The first-order valence-electron chi connectivity index (χ1n) is 5.22. The molecule has 82 valence electrons. The summed E-state index contributed by atoms with van der Waals surface area (Å²) in [4.78, 5) is 0. The highest BCUT2D eigenvalue weighted by Crippen LogP contribution is 2.36. The fourth-order valence-corrected chi connectivity index (χ4v) is 2.00. The van der Waals surface area contributed by atoms with Gasteiger partial charge in [-0.2, -0.15) is 0 Å². The molecule has 0 fully saturated rings. The van der Waals surface area contributed by atoms with E-state index >= 15 is 0 Å². The van der Waals surface area contributed by atoms with Crippen LogP contribution in [-0.2, 0) is 9.16 Å². The van der Waals surface area contributed by atoms with Crippen LogP contribution in [0, 0.1) is 0 Å². The van der Waals surface area contributed by atoms with Crippen LogP contribution in [0.2, 0.25) is 18.1 Å². The molecule has 1 aliphatic rings. The molecule has 0 atom stereocenters. The van der Waals surface area contributed by atoms with E-state index in [4.69, 9.17) is 9.16 Å². The van der Waals surface area contributed by atoms with Gasteiger partial charge in [0.1, 0.15) is 0 Å². The third kappa shape index (κ3) is 2.94. The Morgan fingerprint density at radius 2 is 2.07 bits per heavy atom. The van der Waals surface area contributed by atoms with Crippen molar-refractivity contribution in [3.8, 4) is 0 Å². The van der Waals surface area contributed by atoms with Gasteiger partial charge in [0, 0.05) is 0 Å². The Morgan fingerprint density at radius 3 is 2.50 bits per heavy atom. The normalized spacial score (nSPS) is 18.5. The molecule has 1 rings (SSSR count). The molecular formula is C11H22O2Si. The Hall–Kier alpha value is -0.123. The summed E-state index contributed by atoms with van der Waals surface area (Å²) in [6.07, 6.45) is 2.13. The first kappa shape index (κ1) is 11.9. The summed E-state index contributed by atoms with van der Waals surface area (Å²) in [5, 5.41) is 0.299. The van der Waals surface area contributed by atoms with Gasteiger partial charge in [-0.05, 0) is 23.7 Å². The third-order valence-electron chi connectivity index (χ3n) is 3.20. The van der Waals surface area contributed by atoms with Crippen LogP contribution < -0.4 is 0 Å². The molecule has 1 aliphatic heterocycles. The average Bonchev–Trinajstić information content (AvgIpc) is 2.50. The van der Waals surface area contributed by atoms with E-state index in [9.17, 15) is 0 Å². The van der Waals surface area contributed by atoms with Gasteiger partial charge >= 0.3 is 0 Å². The van der Waals surface area contributed by atoms with Crippen LogP contribution in [0.15, 0.2) is 11.6 Å². The highest BCUT2D eigenvalue weighted by Gasteiger charge is 2.37. The molecule has 0 unspecified atom stereocenters. The highest BCUT2D eigenvalue weighted by atomic mass is 28.4. The molecule has 0 aromatic rings. The maximum atomic E-state index is 6.07. The van der Waals surface area contributed by atoms with Crippen LogP contribution in [0.3, 0.4) is 0 Å². The second-order valence-electron chi connectivity index (χ2n) is 5.43. The molecule has 14 heavy (non-hydrogen) atoms. The van der Waals surface area contributed by atoms with Crippen molar-refractivity contribution in [1.82, 2.24) is 0 Å². The Morgan fingerprint density at radius 1 is 1.43 bits per heavy atom. The van der Waals surface area contributed by atoms with Crippen molar-refractivity contribution in [3.63, 3.8) is 0 Å². The minimum atomic E-state index is -1.57. The predicted molar refractivity (Wildman–Crippen MR) is 62.1 cm³/mol. The van der Waals surface area contributed by atoms with Crippen molar-refractivity contribution in [2.45, 2.75) is 38.9 Å². The topological polar surface area (TPSA) is 18.5 Å². The molecule has 0 spiro atoms. The third-order valence-corrected chi connectivity index (χ3v) is 7.68. The molecular weight excluding hydrogens is 192 g/mol. The summed E-state index contributed by atoms with van der Waals surface area (Å²) >= 11 is 0. The lowest BCUT2D eigenvalue weighted by Crippen LogP contribution is -2.41. The molecule has 0 bridgehead atoms. The van der Waals surface area contributed by atoms with Crippen LogP contribution in [0.5, 0.6) is 0 Å². The van der Waals surface area contributed by atoms with Gasteiger partial charge in [0.25, 0.3) is 0 Å². The van der Waals surface area contributed by atoms with Crippen molar-refractivity contribution < 1.29 is 9.16 Å². The number of ether oxygens (including phenoxy) is 1. The molecule has 1 heterocycles. The second kappa shape index (κ2) is 4.17. The van der Waals surface area contributed by atoms with Crippen LogP contribution in [0.25, 0.3) is 0 Å². The van der Waals surface area contributed by atoms with Crippen molar-refractivity contribution >= 4 is 8.32 Å². The number of rotatable bonds is 3. The molecule has 0 N–H and O–H groups in total. The average molecular weight is 214 g/mol. The fraction of sp³-hybridized carbons (Fsp3) is 0.818. The van der Waals surface area contributed by atoms with Crippen LogP contribution in [0.4, 0.5) is 0 Å². The van der Waals surface area contributed by atoms with Gasteiger partial charge in [0.15, 0.2) is 8.32 Å². The summed E-state index contributed by atoms with van der Waals surface area (Å²) in [7, 11) is -1.57. The lowest BCUT2D eigenvalue weighted by molar-refractivity contribution is 0.199. The van der Waals surface area contributed by atoms with Gasteiger partial charge < -0.3 is 9.16 Å². The summed E-state index contributed by atoms with van der Waals surface area (Å²) in [6.45, 7) is 13.6. The molecule has 0 amide bonds. The maximum Gasteiger partial charge on any atom is 0.192 e. The standard InChI is InChI=1S/C11H22O2Si/c1-11(2,3)14(4,5)13-9-10-6-7-12-8-10/h6H,7-9H2,1-5H3. The first-order valence-corrected chi connectivity index (χ1v) is 8.13. The monoisotopic (exact) mass is 214 g/mol. The largest absolute Gasteiger partial charge is 0.413 e. The van der Waals surface area contributed by atoms with Crippen LogP contribution >= 0.6 is 0 Å². The van der Waals surface area contributed by atoms with E-state index in [1.165, 1.54) is 5.57 Å². The van der Waals surface area contributed by atoms with Crippen molar-refractivity contribution in [2.24, 2.45) is 0 Å². The molecule has 0 aliphatic carbocycles. The number of hydrogen-bond acceptors (Lipinski definition) is 2. The SMILES string of the molecule is CC(C)(C)[Si](C)(C)OCC1=CCOC1. The second-order valence-corrected chi connectivity index (χ2v) is 10.2. The van der Waals surface area contributed by atoms with Gasteiger partial charge in [0.2, 0.25) is 0 Å². The predicted octanol–water partition coefficient (Wildman–Crippen LogP) is 2.96. The quantitative estimate of drug-likeness (QED) is 0.531. The number of hydrogen-bond donors (Lipinski definition) is 0. The molecule has 3 heteroatoms. The van der Waals surface area contributed by atoms with Crippen molar-refractivity contribution in [2.75, 3.05) is 19.8 Å². The molecule has 0 saturated heterocycles. The van der Waals surface area contributed by atoms with Gasteiger partial charge in [-0.3, -0.25) is 0 Å². The van der Waals surface area contributed by atoms with E-state index in [0.29, 0.717) is 5.04 Å². The molecule has 0 aromatic carbocycles. The van der Waals surface area contributed by atoms with Crippen molar-refractivity contribution in [1.29, 1.82) is 0 Å². The molecule has 0 aromatic heterocycles. The van der Waals surface area contributed by atoms with E-state index in [1.54, 1.807) is 0 Å². The van der Waals surface area contributed by atoms with Gasteiger partial charge in [0.05, 0.1) is 19.8 Å². The lowest BCUT2D eigenvalue weighted by atomic mass is 10.2. The smallest absolute Gasteiger partial charge is 0.192 e. The van der Waals surface area contributed by atoms with Crippen molar-refractivity contribution in [3.05, 3.63) is 11.6 Å². The van der Waals surface area contributed by atoms with Gasteiger partial charge in [-0.1, -0.05) is 26.8 Å². The zero-order valence-electron chi connectivity index (χ0n) is 10.0. The van der Waals surface area contributed by atoms with E-state index in [1.807, 2.05) is 0 Å². The summed E-state index contributed by atoms with van der Waals surface area (Å²) in [5.74, 6) is 0. The zero-order chi connectivity index (χ0) is 10.8. The van der Waals surface area contributed by atoms with Gasteiger partial charge in [-0.25, -0.2) is 0 Å². The van der Waals surface area contributed by atoms with Crippen LogP contribution in [-0.4, -0.2) is 28.1 Å². The maximum absolute atomic E-state index is 6.07. The highest BCUT2D eigenvalue weighted by molar-refractivity contribution is 6.74. The Bertz CT molecular complexity index is 226. The Kier molecular flexibility index (Phi) is 3.56. The first-order chi connectivity index (χ1) is 6.33. The molecule has 0 radical (unpaired) electrons. The zero-order valence-corrected chi connectivity index (χ0v) is 11.0.